The van der Waals surface area contributed by atoms with Gasteiger partial charge in [-0.15, -0.1) is 0 Å². The molecule has 4 heteroatoms. The quantitative estimate of drug-likeness (QED) is 0.791. The molecule has 0 radical (unpaired) electrons. The largest absolute Gasteiger partial charge is 0.384 e. The van der Waals surface area contributed by atoms with Crippen LogP contribution in [0.1, 0.15) is 13.8 Å². The van der Waals surface area contributed by atoms with E-state index in [-0.39, 0.29) is 0 Å². The summed E-state index contributed by atoms with van der Waals surface area (Å²) in [4.78, 5) is 4.72. The Balaban J connectivity index is 2.37. The highest BCUT2D eigenvalue weighted by atomic mass is 35.5. The van der Waals surface area contributed by atoms with Crippen molar-refractivity contribution in [2.75, 3.05) is 45.6 Å². The molecule has 3 nitrogen and oxygen atoms in total. The topological polar surface area (TPSA) is 18.5 Å². The minimum Gasteiger partial charge on any atom is -0.384 e. The number of anilines is 1. The maximum atomic E-state index is 5.97. The monoisotopic (exact) mass is 283 g/mol. The van der Waals surface area contributed by atoms with Gasteiger partial charge in [0.05, 0.1) is 0 Å². The summed E-state index contributed by atoms with van der Waals surface area (Å²) in [6.45, 7) is 8.63. The minimum absolute atomic E-state index is 0.571. The second-order valence-electron chi connectivity index (χ2n) is 5.18. The van der Waals surface area contributed by atoms with Gasteiger partial charge in [0.2, 0.25) is 0 Å². The maximum Gasteiger partial charge on any atom is 0.0426 e. The third-order valence-corrected chi connectivity index (χ3v) is 3.45. The van der Waals surface area contributed by atoms with Crippen LogP contribution in [0.4, 0.5) is 5.69 Å². The molecule has 19 heavy (non-hydrogen) atoms. The number of benzene rings is 1. The average molecular weight is 284 g/mol. The second-order valence-corrected chi connectivity index (χ2v) is 5.61. The molecule has 0 aliphatic carbocycles. The SMILES string of the molecule is CCN(CCNc1cccc(Cl)c1)C(C)CN(C)C. The van der Waals surface area contributed by atoms with E-state index in [2.05, 4.69) is 43.1 Å². The Morgan fingerprint density at radius 1 is 1.32 bits per heavy atom. The van der Waals surface area contributed by atoms with Gasteiger partial charge < -0.3 is 10.2 Å². The van der Waals surface area contributed by atoms with Gasteiger partial charge in [0, 0.05) is 36.4 Å². The van der Waals surface area contributed by atoms with Crippen molar-refractivity contribution in [3.05, 3.63) is 29.3 Å². The highest BCUT2D eigenvalue weighted by molar-refractivity contribution is 6.30. The van der Waals surface area contributed by atoms with Gasteiger partial charge in [0.15, 0.2) is 0 Å². The van der Waals surface area contributed by atoms with Crippen LogP contribution < -0.4 is 5.32 Å². The number of likely N-dealkylation sites (N-methyl/N-ethyl adjacent to an activating group) is 2. The van der Waals surface area contributed by atoms with Crippen molar-refractivity contribution in [1.29, 1.82) is 0 Å². The molecule has 1 atom stereocenters. The Labute approximate surface area is 122 Å². The van der Waals surface area contributed by atoms with E-state index in [1.807, 2.05) is 24.3 Å². The number of halogens is 1. The van der Waals surface area contributed by atoms with Gasteiger partial charge in [-0.05, 0) is 45.8 Å². The van der Waals surface area contributed by atoms with Crippen LogP contribution in [0.3, 0.4) is 0 Å². The van der Waals surface area contributed by atoms with Gasteiger partial charge in [-0.1, -0.05) is 24.6 Å². The Morgan fingerprint density at radius 2 is 2.05 bits per heavy atom. The standard InChI is InChI=1S/C15H26ClN3/c1-5-19(13(2)12-18(3)4)10-9-17-15-8-6-7-14(16)11-15/h6-8,11,13,17H,5,9-10,12H2,1-4H3. The van der Waals surface area contributed by atoms with Gasteiger partial charge in [-0.25, -0.2) is 0 Å². The van der Waals surface area contributed by atoms with E-state index in [0.29, 0.717) is 6.04 Å². The van der Waals surface area contributed by atoms with Crippen LogP contribution in [0.5, 0.6) is 0 Å². The lowest BCUT2D eigenvalue weighted by molar-refractivity contribution is 0.188. The van der Waals surface area contributed by atoms with Crippen molar-refractivity contribution in [1.82, 2.24) is 9.80 Å². The molecule has 0 bridgehead atoms. The van der Waals surface area contributed by atoms with E-state index in [4.69, 9.17) is 11.6 Å². The Hall–Kier alpha value is -0.770. The normalized spacial score (nSPS) is 13.0. The predicted molar refractivity (Wildman–Crippen MR) is 85.2 cm³/mol. The number of rotatable bonds is 8. The van der Waals surface area contributed by atoms with E-state index in [0.717, 1.165) is 36.9 Å². The van der Waals surface area contributed by atoms with Gasteiger partial charge in [0.1, 0.15) is 0 Å². The van der Waals surface area contributed by atoms with Crippen molar-refractivity contribution < 1.29 is 0 Å². The second kappa shape index (κ2) is 8.41. The molecule has 0 saturated heterocycles. The highest BCUT2D eigenvalue weighted by Crippen LogP contribution is 2.14. The summed E-state index contributed by atoms with van der Waals surface area (Å²) in [6, 6.07) is 8.44. The first-order chi connectivity index (χ1) is 9.02. The van der Waals surface area contributed by atoms with Crippen molar-refractivity contribution in [2.24, 2.45) is 0 Å². The first-order valence-electron chi connectivity index (χ1n) is 6.91. The van der Waals surface area contributed by atoms with Crippen molar-refractivity contribution in [2.45, 2.75) is 19.9 Å². The van der Waals surface area contributed by atoms with Crippen LogP contribution in [0.25, 0.3) is 0 Å². The highest BCUT2D eigenvalue weighted by Gasteiger charge is 2.12. The van der Waals surface area contributed by atoms with Crippen LogP contribution in [0.2, 0.25) is 5.02 Å². The molecule has 1 aromatic carbocycles. The summed E-state index contributed by atoms with van der Waals surface area (Å²) in [6.07, 6.45) is 0. The van der Waals surface area contributed by atoms with E-state index in [9.17, 15) is 0 Å². The molecular formula is C15H26ClN3. The zero-order chi connectivity index (χ0) is 14.3. The summed E-state index contributed by atoms with van der Waals surface area (Å²) in [5, 5.41) is 4.19. The molecule has 1 rings (SSSR count). The molecule has 1 unspecified atom stereocenters. The fourth-order valence-corrected chi connectivity index (χ4v) is 2.47. The van der Waals surface area contributed by atoms with E-state index < -0.39 is 0 Å². The molecule has 0 spiro atoms. The van der Waals surface area contributed by atoms with Crippen LogP contribution in [0.15, 0.2) is 24.3 Å². The van der Waals surface area contributed by atoms with Crippen molar-refractivity contribution in [3.8, 4) is 0 Å². The number of hydrogen-bond acceptors (Lipinski definition) is 3. The lowest BCUT2D eigenvalue weighted by Crippen LogP contribution is -2.42. The summed E-state index contributed by atoms with van der Waals surface area (Å²) < 4.78 is 0. The average Bonchev–Trinajstić information content (AvgIpc) is 2.33. The smallest absolute Gasteiger partial charge is 0.0426 e. The molecule has 0 aliphatic rings. The molecule has 0 aromatic heterocycles. The molecule has 0 heterocycles. The van der Waals surface area contributed by atoms with Crippen LogP contribution >= 0.6 is 11.6 Å². The summed E-state index contributed by atoms with van der Waals surface area (Å²) >= 11 is 5.97. The van der Waals surface area contributed by atoms with Gasteiger partial charge in [-0.3, -0.25) is 4.90 Å². The summed E-state index contributed by atoms with van der Waals surface area (Å²) in [7, 11) is 4.24. The van der Waals surface area contributed by atoms with Crippen molar-refractivity contribution >= 4 is 17.3 Å². The van der Waals surface area contributed by atoms with E-state index in [1.54, 1.807) is 0 Å². The third-order valence-electron chi connectivity index (χ3n) is 3.21. The molecule has 1 aromatic rings. The molecule has 0 aliphatic heterocycles. The van der Waals surface area contributed by atoms with E-state index >= 15 is 0 Å². The lowest BCUT2D eigenvalue weighted by Gasteiger charge is -2.30. The molecule has 0 amide bonds. The molecule has 108 valence electrons. The number of nitrogens with zero attached hydrogens (tertiary/aromatic N) is 2. The Kier molecular flexibility index (Phi) is 7.21. The third kappa shape index (κ3) is 6.28. The van der Waals surface area contributed by atoms with Gasteiger partial charge >= 0.3 is 0 Å². The fraction of sp³-hybridized carbons (Fsp3) is 0.600. The van der Waals surface area contributed by atoms with Crippen LogP contribution in [0, 0.1) is 0 Å². The Morgan fingerprint density at radius 3 is 2.63 bits per heavy atom. The fourth-order valence-electron chi connectivity index (χ4n) is 2.28. The van der Waals surface area contributed by atoms with Gasteiger partial charge in [-0.2, -0.15) is 0 Å². The predicted octanol–water partition coefficient (Wildman–Crippen LogP) is 3.02. The van der Waals surface area contributed by atoms with Crippen LogP contribution in [-0.4, -0.2) is 56.1 Å². The Bertz CT molecular complexity index is 368. The number of nitrogens with one attached hydrogen (secondary N) is 1. The molecule has 0 fully saturated rings. The zero-order valence-electron chi connectivity index (χ0n) is 12.5. The van der Waals surface area contributed by atoms with E-state index in [1.165, 1.54) is 0 Å². The summed E-state index contributed by atoms with van der Waals surface area (Å²) in [5.41, 5.74) is 1.09. The molecule has 1 N–H and O–H groups in total. The first kappa shape index (κ1) is 16.3. The summed E-state index contributed by atoms with van der Waals surface area (Å²) in [5.74, 6) is 0. The van der Waals surface area contributed by atoms with Gasteiger partial charge in [0.25, 0.3) is 0 Å². The minimum atomic E-state index is 0.571. The zero-order valence-corrected chi connectivity index (χ0v) is 13.2. The number of hydrogen-bond donors (Lipinski definition) is 1. The molecule has 0 saturated carbocycles. The maximum absolute atomic E-state index is 5.97. The lowest BCUT2D eigenvalue weighted by atomic mass is 10.2. The molecular weight excluding hydrogens is 258 g/mol. The van der Waals surface area contributed by atoms with Crippen LogP contribution in [-0.2, 0) is 0 Å². The van der Waals surface area contributed by atoms with Crippen molar-refractivity contribution in [3.63, 3.8) is 0 Å². The first-order valence-corrected chi connectivity index (χ1v) is 7.29.